The van der Waals surface area contributed by atoms with E-state index in [2.05, 4.69) is 34.7 Å². The van der Waals surface area contributed by atoms with Gasteiger partial charge in [0.2, 0.25) is 5.91 Å². The summed E-state index contributed by atoms with van der Waals surface area (Å²) in [5.74, 6) is 0.993. The summed E-state index contributed by atoms with van der Waals surface area (Å²) < 4.78 is 8.06. The Hall–Kier alpha value is -6.19. The fourth-order valence-corrected chi connectivity index (χ4v) is 8.93. The molecule has 4 aliphatic rings. The number of aldehydes is 1. The zero-order valence-corrected chi connectivity index (χ0v) is 32.4. The highest BCUT2D eigenvalue weighted by molar-refractivity contribution is 6.23. The number of hydrogen-bond acceptors (Lipinski definition) is 12. The van der Waals surface area contributed by atoms with E-state index in [0.29, 0.717) is 35.2 Å². The Kier molecular flexibility index (Phi) is 10.1. The van der Waals surface area contributed by atoms with Crippen LogP contribution in [0.4, 0.5) is 11.5 Å². The van der Waals surface area contributed by atoms with Crippen LogP contribution in [0.2, 0.25) is 0 Å². The van der Waals surface area contributed by atoms with Crippen LogP contribution in [-0.4, -0.2) is 123 Å². The number of likely N-dealkylation sites (N-methyl/N-ethyl adjacent to an activating group) is 1. The lowest BCUT2D eigenvalue weighted by Gasteiger charge is -2.51. The van der Waals surface area contributed by atoms with Crippen LogP contribution in [0.15, 0.2) is 79.1 Å². The summed E-state index contributed by atoms with van der Waals surface area (Å²) in [7, 11) is 1.45. The van der Waals surface area contributed by atoms with Gasteiger partial charge in [0.05, 0.1) is 22.6 Å². The molecule has 0 saturated carbocycles. The molecule has 4 aliphatic heterocycles. The fourth-order valence-electron chi connectivity index (χ4n) is 8.93. The molecule has 6 heterocycles. The minimum absolute atomic E-state index is 0.0727. The number of piperidine rings is 1. The summed E-state index contributed by atoms with van der Waals surface area (Å²) in [6.07, 6.45) is 4.30. The van der Waals surface area contributed by atoms with Gasteiger partial charge in [0.25, 0.3) is 11.8 Å². The Morgan fingerprint density at radius 2 is 1.64 bits per heavy atom. The number of likely N-dealkylation sites (tertiary alicyclic amines) is 2. The quantitative estimate of drug-likeness (QED) is 0.130. The number of amides is 3. The monoisotopic (exact) mass is 782 g/mol. The third-order valence-electron chi connectivity index (χ3n) is 12.1. The summed E-state index contributed by atoms with van der Waals surface area (Å²) >= 11 is 0. The van der Waals surface area contributed by atoms with Crippen molar-refractivity contribution in [3.8, 4) is 22.8 Å². The predicted molar refractivity (Wildman–Crippen MR) is 218 cm³/mol. The number of rotatable bonds is 13. The van der Waals surface area contributed by atoms with E-state index in [1.54, 1.807) is 12.1 Å². The summed E-state index contributed by atoms with van der Waals surface area (Å²) in [6, 6.07) is 22.6. The van der Waals surface area contributed by atoms with Gasteiger partial charge in [-0.3, -0.25) is 29.1 Å². The van der Waals surface area contributed by atoms with Crippen molar-refractivity contribution in [1.29, 1.82) is 0 Å². The van der Waals surface area contributed by atoms with Crippen LogP contribution in [0.5, 0.6) is 11.5 Å². The molecule has 1 unspecified atom stereocenters. The lowest BCUT2D eigenvalue weighted by Crippen LogP contribution is -2.63. The molecule has 15 heteroatoms. The molecule has 0 bridgehead atoms. The molecule has 2 aromatic heterocycles. The van der Waals surface area contributed by atoms with Crippen molar-refractivity contribution in [3.05, 3.63) is 90.3 Å². The Bertz CT molecular complexity index is 2350. The number of anilines is 2. The van der Waals surface area contributed by atoms with E-state index in [0.717, 1.165) is 103 Å². The Balaban J connectivity index is 0.767. The number of nitrogen functional groups attached to an aromatic ring is 1. The van der Waals surface area contributed by atoms with Crippen LogP contribution < -0.4 is 20.7 Å². The van der Waals surface area contributed by atoms with E-state index in [-0.39, 0.29) is 18.9 Å². The number of hydrogen-bond donors (Lipinski definition) is 2. The number of carbonyl (C=O) groups is 4. The molecule has 0 radical (unpaired) electrons. The van der Waals surface area contributed by atoms with Gasteiger partial charge in [0.1, 0.15) is 41.7 Å². The van der Waals surface area contributed by atoms with Gasteiger partial charge in [-0.25, -0.2) is 14.6 Å². The second kappa shape index (κ2) is 15.6. The van der Waals surface area contributed by atoms with Crippen molar-refractivity contribution in [2.45, 2.75) is 43.8 Å². The van der Waals surface area contributed by atoms with Crippen molar-refractivity contribution < 1.29 is 23.9 Å². The molecule has 3 fully saturated rings. The van der Waals surface area contributed by atoms with E-state index in [1.807, 2.05) is 60.7 Å². The van der Waals surface area contributed by atoms with Crippen LogP contribution in [0.3, 0.4) is 0 Å². The van der Waals surface area contributed by atoms with Crippen LogP contribution >= 0.6 is 0 Å². The third kappa shape index (κ3) is 6.94. The van der Waals surface area contributed by atoms with Gasteiger partial charge in [-0.15, -0.1) is 0 Å². The van der Waals surface area contributed by atoms with E-state index in [9.17, 15) is 19.2 Å². The molecule has 58 heavy (non-hydrogen) atoms. The average Bonchev–Trinajstić information content (AvgIpc) is 3.72. The van der Waals surface area contributed by atoms with Gasteiger partial charge in [-0.05, 0) is 73.9 Å². The number of fused-ring (bicyclic) bond motifs is 2. The molecule has 3 aromatic carbocycles. The molecule has 0 aliphatic carbocycles. The van der Waals surface area contributed by atoms with Crippen LogP contribution in [-0.2, 0) is 9.59 Å². The highest BCUT2D eigenvalue weighted by Gasteiger charge is 2.43. The zero-order valence-electron chi connectivity index (χ0n) is 32.4. The SMILES string of the molecule is CNC(=O)C(CCC=O)N1C(=O)c2ccc(N3CC(CN4CC(N5CCC(n6nc(-c7ccc(Oc8ccccc8)cc7)c7c(N)ncnc76)CC5)C4)C3)cc2C1=O. The number of nitrogens with two attached hydrogens (primary N) is 1. The first-order chi connectivity index (χ1) is 28.3. The summed E-state index contributed by atoms with van der Waals surface area (Å²) in [5.41, 5.74) is 10.4. The van der Waals surface area contributed by atoms with E-state index in [4.69, 9.17) is 15.6 Å². The number of imide groups is 1. The van der Waals surface area contributed by atoms with Crippen LogP contribution in [0, 0.1) is 5.92 Å². The summed E-state index contributed by atoms with van der Waals surface area (Å²) in [6.45, 7) is 6.83. The highest BCUT2D eigenvalue weighted by atomic mass is 16.5. The lowest BCUT2D eigenvalue weighted by molar-refractivity contribution is -0.124. The maximum Gasteiger partial charge on any atom is 0.262 e. The maximum absolute atomic E-state index is 13.4. The van der Waals surface area contributed by atoms with Crippen molar-refractivity contribution in [2.75, 3.05) is 63.5 Å². The minimum atomic E-state index is -1.03. The first-order valence-corrected chi connectivity index (χ1v) is 20.0. The topological polar surface area (TPSA) is 172 Å². The highest BCUT2D eigenvalue weighted by Crippen LogP contribution is 2.37. The lowest BCUT2D eigenvalue weighted by atomic mass is 9.94. The number of benzene rings is 3. The zero-order chi connectivity index (χ0) is 39.9. The predicted octanol–water partition coefficient (Wildman–Crippen LogP) is 4.02. The molecule has 15 nitrogen and oxygen atoms in total. The summed E-state index contributed by atoms with van der Waals surface area (Å²) in [5, 5.41) is 8.40. The van der Waals surface area contributed by atoms with Crippen molar-refractivity contribution >= 4 is 46.5 Å². The van der Waals surface area contributed by atoms with Crippen LogP contribution in [0.25, 0.3) is 22.3 Å². The molecular formula is C43H46N10O5. The van der Waals surface area contributed by atoms with Gasteiger partial charge in [0, 0.05) is 82.5 Å². The Morgan fingerprint density at radius 3 is 2.36 bits per heavy atom. The smallest absolute Gasteiger partial charge is 0.262 e. The van der Waals surface area contributed by atoms with E-state index in [1.165, 1.54) is 13.4 Å². The average molecular weight is 783 g/mol. The molecule has 5 aromatic rings. The first-order valence-electron chi connectivity index (χ1n) is 20.0. The molecule has 1 atom stereocenters. The number of ether oxygens (including phenoxy) is 1. The molecule has 3 saturated heterocycles. The van der Waals surface area contributed by atoms with E-state index >= 15 is 0 Å². The molecule has 0 spiro atoms. The minimum Gasteiger partial charge on any atom is -0.457 e. The normalized spacial score (nSPS) is 18.6. The van der Waals surface area contributed by atoms with Gasteiger partial charge in [-0.1, -0.05) is 18.2 Å². The molecule has 3 amide bonds. The van der Waals surface area contributed by atoms with Gasteiger partial charge >= 0.3 is 0 Å². The number of aromatic nitrogens is 4. The number of nitrogens with zero attached hydrogens (tertiary/aromatic N) is 8. The first kappa shape index (κ1) is 37.4. The Labute approximate surface area is 335 Å². The van der Waals surface area contributed by atoms with E-state index < -0.39 is 23.8 Å². The maximum atomic E-state index is 13.4. The standard InChI is InChI=1S/C43H46N10O5/c1-45-41(55)36(8-5-19-54)52-42(56)34-14-11-30(20-35(34)43(52)57)51-22-27(23-51)21-49-24-31(25-49)50-17-15-29(16-18-50)53-40-37(39(44)46-26-47-40)38(48-53)28-9-12-33(13-10-28)58-32-6-3-2-4-7-32/h2-4,6-7,9-14,19-20,26-27,29,31,36H,5,8,15-18,21-25H2,1H3,(H,45,55)(H2,44,46,47). The van der Waals surface area contributed by atoms with Gasteiger partial charge < -0.3 is 25.5 Å². The van der Waals surface area contributed by atoms with Gasteiger partial charge in [0.15, 0.2) is 5.65 Å². The Morgan fingerprint density at radius 1 is 0.914 bits per heavy atom. The van der Waals surface area contributed by atoms with Crippen LogP contribution in [0.1, 0.15) is 52.4 Å². The second-order valence-electron chi connectivity index (χ2n) is 15.7. The third-order valence-corrected chi connectivity index (χ3v) is 12.1. The molecule has 9 rings (SSSR count). The fraction of sp³-hybridized carbons (Fsp3) is 0.372. The summed E-state index contributed by atoms with van der Waals surface area (Å²) in [4.78, 5) is 67.5. The molecule has 298 valence electrons. The largest absolute Gasteiger partial charge is 0.457 e. The number of para-hydroxylation sites is 1. The van der Waals surface area contributed by atoms with Crippen molar-refractivity contribution in [1.82, 2.24) is 39.8 Å². The molecular weight excluding hydrogens is 737 g/mol. The number of carbonyl (C=O) groups excluding carboxylic acids is 4. The van der Waals surface area contributed by atoms with Gasteiger partial charge in [-0.2, -0.15) is 5.10 Å². The van der Waals surface area contributed by atoms with Crippen molar-refractivity contribution in [3.63, 3.8) is 0 Å². The second-order valence-corrected chi connectivity index (χ2v) is 15.7. The van der Waals surface area contributed by atoms with Crippen molar-refractivity contribution in [2.24, 2.45) is 5.92 Å². The molecule has 3 N–H and O–H groups in total. The number of nitrogens with one attached hydrogen (secondary N) is 1.